The number of rotatable bonds is 0. The Morgan fingerprint density at radius 3 is 1.50 bits per heavy atom. The molecule has 1 N–H and O–H groups in total. The van der Waals surface area contributed by atoms with E-state index < -0.39 is 0 Å². The monoisotopic (exact) mass is 61.1 g/mol. The van der Waals surface area contributed by atoms with Crippen molar-refractivity contribution >= 4 is 0 Å². The summed E-state index contributed by atoms with van der Waals surface area (Å²) in [4.78, 5) is 0. The molecule has 0 rings (SSSR count). The van der Waals surface area contributed by atoms with Crippen LogP contribution < -0.4 is 0 Å². The van der Waals surface area contributed by atoms with E-state index in [1.54, 1.807) is 13.8 Å². The topological polar surface area (TPSA) is 20.2 Å². The molecular weight excluding hydrogens is 53.0 g/mol. The van der Waals surface area contributed by atoms with Gasteiger partial charge in [-0.1, -0.05) is 0 Å². The number of aliphatic hydroxyl groups excluding tert-OH is 1. The summed E-state index contributed by atoms with van der Waals surface area (Å²) >= 11 is 0. The molecule has 0 fully saturated rings. The van der Waals surface area contributed by atoms with E-state index in [1.165, 1.54) is 0 Å². The number of hydrogen-bond acceptors (Lipinski definition) is 1. The second kappa shape index (κ2) is 1.30. The summed E-state index contributed by atoms with van der Waals surface area (Å²) in [5.74, 6) is 0. The first-order valence-corrected chi connectivity index (χ1v) is 1.41. The van der Waals surface area contributed by atoms with Crippen molar-refractivity contribution in [2.24, 2.45) is 0 Å². The van der Waals surface area contributed by atoms with Crippen molar-refractivity contribution in [3.63, 3.8) is 0 Å². The average molecular weight is 61.1 g/mol. The van der Waals surface area contributed by atoms with Gasteiger partial charge in [-0.05, 0) is 13.8 Å². The molecule has 0 aromatic carbocycles. The maximum atomic E-state index is 8.06. The third kappa shape index (κ3) is 1130. The van der Waals surface area contributed by atoms with Gasteiger partial charge < -0.3 is 5.11 Å². The molecule has 1 nitrogen and oxygen atoms in total. The minimum atomic E-state index is -0.167. The second-order valence-electron chi connectivity index (χ2n) is 1.09. The van der Waals surface area contributed by atoms with Crippen LogP contribution in [0.15, 0.2) is 0 Å². The highest BCUT2D eigenvalue weighted by molar-refractivity contribution is 4.20. The van der Waals surface area contributed by atoms with Gasteiger partial charge in [0.05, 0.1) is 0 Å². The Kier molecular flexibility index (Phi) is 1.28. The molecule has 0 heterocycles. The van der Waals surface area contributed by atoms with Crippen LogP contribution in [0.5, 0.6) is 0 Å². The predicted molar refractivity (Wildman–Crippen MR) is 17.4 cm³/mol. The molecule has 0 amide bonds. The summed E-state index contributed by atoms with van der Waals surface area (Å²) in [6, 6.07) is 0. The zero-order valence-corrected chi connectivity index (χ0v) is 3.02. The van der Waals surface area contributed by atoms with Gasteiger partial charge in [-0.3, -0.25) is 0 Å². The lowest BCUT2D eigenvalue weighted by Crippen LogP contribution is -1.85. The van der Waals surface area contributed by atoms with Crippen LogP contribution in [0, 0.1) is 0 Å². The molecule has 26 valence electrons. The molecule has 0 bridgehead atoms. The van der Waals surface area contributed by atoms with E-state index >= 15 is 0 Å². The molecule has 0 spiro atoms. The van der Waals surface area contributed by atoms with Crippen LogP contribution in [-0.4, -0.2) is 11.2 Å². The van der Waals surface area contributed by atoms with Gasteiger partial charge >= 0.3 is 0 Å². The molecule has 0 aliphatic rings. The first kappa shape index (κ1) is 3.96. The Bertz CT molecular complexity index is 8.00. The van der Waals surface area contributed by atoms with Gasteiger partial charge in [-0.2, -0.15) is 0 Å². The van der Waals surface area contributed by atoms with Crippen LogP contribution in [0.2, 0.25) is 0 Å². The van der Waals surface area contributed by atoms with E-state index in [2.05, 4.69) is 0 Å². The van der Waals surface area contributed by atoms with E-state index in [0.29, 0.717) is 0 Å². The van der Waals surface area contributed by atoms with Crippen molar-refractivity contribution in [3.05, 3.63) is 0 Å². The molecule has 0 saturated heterocycles. The molecule has 0 aliphatic carbocycles. The van der Waals surface area contributed by atoms with Crippen LogP contribution >= 0.6 is 0 Å². The molecule has 0 saturated carbocycles. The Balaban J connectivity index is 2.32. The van der Waals surface area contributed by atoms with Crippen LogP contribution in [0.4, 0.5) is 0 Å². The third-order valence-corrected chi connectivity index (χ3v) is 0. The van der Waals surface area contributed by atoms with Crippen molar-refractivity contribution in [2.75, 3.05) is 0 Å². The van der Waals surface area contributed by atoms with Gasteiger partial charge in [0.2, 0.25) is 0 Å². The van der Waals surface area contributed by atoms with Crippen LogP contribution in [0.3, 0.4) is 0 Å². The van der Waals surface area contributed by atoms with Gasteiger partial charge in [-0.25, -0.2) is 0 Å². The van der Waals surface area contributed by atoms with Crippen LogP contribution in [0.25, 0.3) is 0 Å². The second-order valence-corrected chi connectivity index (χ2v) is 1.09. The molecule has 0 atom stereocenters. The van der Waals surface area contributed by atoms with Crippen molar-refractivity contribution < 1.29 is 5.11 Å². The van der Waals surface area contributed by atoms with Crippen molar-refractivity contribution in [1.29, 1.82) is 0 Å². The Morgan fingerprint density at radius 1 is 1.50 bits per heavy atom. The number of hydrogen-bond donors (Lipinski definition) is 1. The van der Waals surface area contributed by atoms with E-state index in [9.17, 15) is 0 Å². The Morgan fingerprint density at radius 2 is 1.50 bits per heavy atom. The van der Waals surface area contributed by atoms with Crippen molar-refractivity contribution in [1.82, 2.24) is 0 Å². The standard InChI is InChI=1S/C3H8O/c1-3(2)4/h3-4H,1-2H3/i4+1. The van der Waals surface area contributed by atoms with E-state index in [1.807, 2.05) is 0 Å². The molecule has 0 aromatic rings. The first-order chi connectivity index (χ1) is 1.73. The minimum absolute atomic E-state index is 0.167. The summed E-state index contributed by atoms with van der Waals surface area (Å²) in [5.41, 5.74) is 0. The normalized spacial score (nSPS) is 9.00. The SMILES string of the molecule is CC(C)[17OH]. The predicted octanol–water partition coefficient (Wildman–Crippen LogP) is 0.387. The summed E-state index contributed by atoms with van der Waals surface area (Å²) in [6.45, 7) is 3.44. The van der Waals surface area contributed by atoms with Gasteiger partial charge in [0.25, 0.3) is 0 Å². The molecule has 0 radical (unpaired) electrons. The molecule has 1 heteroatoms. The fraction of sp³-hybridized carbons (Fsp3) is 1.00. The third-order valence-electron chi connectivity index (χ3n) is 0. The quantitative estimate of drug-likeness (QED) is 0.429. The van der Waals surface area contributed by atoms with Gasteiger partial charge in [0.1, 0.15) is 0 Å². The summed E-state index contributed by atoms with van der Waals surface area (Å²) in [6.07, 6.45) is -0.167. The van der Waals surface area contributed by atoms with Gasteiger partial charge in [0.15, 0.2) is 0 Å². The fourth-order valence-corrected chi connectivity index (χ4v) is 0. The maximum Gasteiger partial charge on any atom is 0.0483 e. The number of aliphatic hydroxyl groups is 1. The molecular formula is C3H8O. The van der Waals surface area contributed by atoms with E-state index in [0.717, 1.165) is 0 Å². The largest absolute Gasteiger partial charge is 0.394 e. The molecule has 4 heavy (non-hydrogen) atoms. The smallest absolute Gasteiger partial charge is 0.0483 e. The maximum absolute atomic E-state index is 8.06. The van der Waals surface area contributed by atoms with E-state index in [-0.39, 0.29) is 6.10 Å². The van der Waals surface area contributed by atoms with Gasteiger partial charge in [-0.15, -0.1) is 0 Å². The molecule has 0 unspecified atom stereocenters. The van der Waals surface area contributed by atoms with Crippen LogP contribution in [0.1, 0.15) is 13.8 Å². The Hall–Kier alpha value is -0.0400. The fourth-order valence-electron chi connectivity index (χ4n) is 0. The lowest BCUT2D eigenvalue weighted by atomic mass is 10.5. The Labute approximate surface area is 26.3 Å². The summed E-state index contributed by atoms with van der Waals surface area (Å²) < 4.78 is 0. The van der Waals surface area contributed by atoms with E-state index in [4.69, 9.17) is 5.11 Å². The highest BCUT2D eigenvalue weighted by Crippen LogP contribution is 1.65. The molecule has 0 aromatic heterocycles. The lowest BCUT2D eigenvalue weighted by Gasteiger charge is -1.80. The molecule has 0 aliphatic heterocycles. The summed E-state index contributed by atoms with van der Waals surface area (Å²) in [7, 11) is 0. The first-order valence-electron chi connectivity index (χ1n) is 1.41. The zero-order chi connectivity index (χ0) is 3.58. The average Bonchev–Trinajstić information content (AvgIpc) is 0.811. The van der Waals surface area contributed by atoms with Crippen LogP contribution in [-0.2, 0) is 0 Å². The minimum Gasteiger partial charge on any atom is -0.394 e. The zero-order valence-electron chi connectivity index (χ0n) is 3.02. The van der Waals surface area contributed by atoms with Crippen molar-refractivity contribution in [2.45, 2.75) is 20.0 Å². The highest BCUT2D eigenvalue weighted by atomic mass is 17.2. The lowest BCUT2D eigenvalue weighted by molar-refractivity contribution is 0.216. The summed E-state index contributed by atoms with van der Waals surface area (Å²) in [5, 5.41) is 8.06. The van der Waals surface area contributed by atoms with Crippen molar-refractivity contribution in [3.8, 4) is 0 Å². The highest BCUT2D eigenvalue weighted by Gasteiger charge is 1.69. The van der Waals surface area contributed by atoms with Gasteiger partial charge in [0, 0.05) is 6.10 Å².